The third kappa shape index (κ3) is 5.94. The maximum Gasteiger partial charge on any atom is 0.335 e. The average Bonchev–Trinajstić information content (AvgIpc) is 2.84. The van der Waals surface area contributed by atoms with Crippen LogP contribution in [0.1, 0.15) is 42.1 Å². The predicted molar refractivity (Wildman–Crippen MR) is 130 cm³/mol. The average molecular weight is 523 g/mol. The monoisotopic (exact) mass is 522 g/mol. The highest BCUT2D eigenvalue weighted by molar-refractivity contribution is 7.93. The smallest absolute Gasteiger partial charge is 0.335 e. The molecule has 0 aromatic heterocycles. The quantitative estimate of drug-likeness (QED) is 0.287. The topological polar surface area (TPSA) is 133 Å². The molecular formula is C24H27ClN2O7S. The van der Waals surface area contributed by atoms with Crippen LogP contribution in [0, 0.1) is 12.0 Å². The van der Waals surface area contributed by atoms with E-state index in [0.29, 0.717) is 13.0 Å². The second-order valence-corrected chi connectivity index (χ2v) is 10.1. The van der Waals surface area contributed by atoms with Crippen LogP contribution in [0.25, 0.3) is 0 Å². The number of benzene rings is 2. The summed E-state index contributed by atoms with van der Waals surface area (Å²) in [5.41, 5.74) is 2.58. The van der Waals surface area contributed by atoms with Gasteiger partial charge in [-0.1, -0.05) is 37.1 Å². The van der Waals surface area contributed by atoms with E-state index in [1.165, 1.54) is 30.3 Å². The summed E-state index contributed by atoms with van der Waals surface area (Å²) in [7, 11) is -4.27. The van der Waals surface area contributed by atoms with E-state index in [4.69, 9.17) is 9.84 Å². The molecule has 0 unspecified atom stereocenters. The molecule has 0 bridgehead atoms. The molecule has 2 aromatic carbocycles. The molecule has 0 aliphatic carbocycles. The summed E-state index contributed by atoms with van der Waals surface area (Å²) in [6.07, 6.45) is 2.88. The summed E-state index contributed by atoms with van der Waals surface area (Å²) >= 11 is 0. The minimum Gasteiger partial charge on any atom is -0.478 e. The van der Waals surface area contributed by atoms with Gasteiger partial charge < -0.3 is 9.84 Å². The largest absolute Gasteiger partial charge is 0.478 e. The lowest BCUT2D eigenvalue weighted by atomic mass is 9.94. The Morgan fingerprint density at radius 2 is 1.74 bits per heavy atom. The zero-order valence-electron chi connectivity index (χ0n) is 19.1. The molecule has 9 nitrogen and oxygen atoms in total. The Bertz CT molecular complexity index is 1210. The van der Waals surface area contributed by atoms with E-state index in [2.05, 4.69) is 12.0 Å². The first-order valence-electron chi connectivity index (χ1n) is 10.7. The first-order valence-corrected chi connectivity index (χ1v) is 12.2. The first kappa shape index (κ1) is 28.1. The number of rotatable bonds is 7. The van der Waals surface area contributed by atoms with Crippen molar-refractivity contribution in [2.45, 2.75) is 42.4 Å². The van der Waals surface area contributed by atoms with E-state index in [0.717, 1.165) is 5.56 Å². The molecule has 3 N–H and O–H groups in total. The highest BCUT2D eigenvalue weighted by Crippen LogP contribution is 2.39. The number of hydrogen-bond acceptors (Lipinski definition) is 7. The van der Waals surface area contributed by atoms with Gasteiger partial charge in [-0.2, -0.15) is 0 Å². The van der Waals surface area contributed by atoms with Gasteiger partial charge in [0.2, 0.25) is 0 Å². The molecule has 35 heavy (non-hydrogen) atoms. The van der Waals surface area contributed by atoms with Gasteiger partial charge in [0, 0.05) is 26.1 Å². The van der Waals surface area contributed by atoms with Crippen LogP contribution in [-0.4, -0.2) is 53.3 Å². The number of nitrogens with one attached hydrogen (secondary N) is 1. The van der Waals surface area contributed by atoms with E-state index in [1.54, 1.807) is 23.7 Å². The molecule has 1 saturated heterocycles. The maximum absolute atomic E-state index is 13.8. The van der Waals surface area contributed by atoms with Crippen molar-refractivity contribution < 1.29 is 33.1 Å². The Balaban J connectivity index is 0.00000432. The van der Waals surface area contributed by atoms with E-state index in [1.807, 2.05) is 11.8 Å². The first-order chi connectivity index (χ1) is 16.2. The molecule has 1 heterocycles. The Morgan fingerprint density at radius 3 is 2.31 bits per heavy atom. The van der Waals surface area contributed by atoms with Crippen molar-refractivity contribution >= 4 is 34.1 Å². The molecule has 1 amide bonds. The summed E-state index contributed by atoms with van der Waals surface area (Å²) < 4.78 is 31.0. The summed E-state index contributed by atoms with van der Waals surface area (Å²) in [6.45, 7) is 2.83. The molecule has 2 aromatic rings. The van der Waals surface area contributed by atoms with Gasteiger partial charge in [0.05, 0.1) is 5.56 Å². The van der Waals surface area contributed by atoms with Crippen LogP contribution in [0.5, 0.6) is 5.75 Å². The Kier molecular flexibility index (Phi) is 9.68. The third-order valence-corrected chi connectivity index (χ3v) is 8.39. The number of aromatic carboxylic acids is 1. The van der Waals surface area contributed by atoms with Crippen molar-refractivity contribution in [3.63, 3.8) is 0 Å². The van der Waals surface area contributed by atoms with Crippen LogP contribution in [0.15, 0.2) is 53.4 Å². The number of amides is 1. The molecule has 0 saturated carbocycles. The van der Waals surface area contributed by atoms with E-state index in [-0.39, 0.29) is 54.5 Å². The number of hydroxylamine groups is 1. The number of para-hydroxylation sites is 1. The van der Waals surface area contributed by atoms with E-state index < -0.39 is 26.5 Å². The van der Waals surface area contributed by atoms with Gasteiger partial charge in [0.1, 0.15) is 11.0 Å². The lowest BCUT2D eigenvalue weighted by Gasteiger charge is -2.39. The molecule has 0 atom stereocenters. The molecule has 188 valence electrons. The second kappa shape index (κ2) is 12.0. The molecule has 1 fully saturated rings. The number of ether oxygens (including phenoxy) is 1. The molecule has 1 aliphatic heterocycles. The normalized spacial score (nSPS) is 15.1. The molecular weight excluding hydrogens is 496 g/mol. The molecule has 11 heteroatoms. The lowest BCUT2D eigenvalue weighted by molar-refractivity contribution is -0.133. The van der Waals surface area contributed by atoms with Crippen molar-refractivity contribution in [3.8, 4) is 17.8 Å². The van der Waals surface area contributed by atoms with Gasteiger partial charge in [0.25, 0.3) is 5.91 Å². The van der Waals surface area contributed by atoms with Crippen LogP contribution in [0.2, 0.25) is 0 Å². The highest BCUT2D eigenvalue weighted by Gasteiger charge is 2.53. The lowest BCUT2D eigenvalue weighted by Crippen LogP contribution is -2.57. The molecule has 3 rings (SSSR count). The number of carboxylic acid groups (broad SMARTS) is 1. The molecule has 0 spiro atoms. The van der Waals surface area contributed by atoms with Gasteiger partial charge >= 0.3 is 5.97 Å². The summed E-state index contributed by atoms with van der Waals surface area (Å²) in [4.78, 5) is 25.6. The van der Waals surface area contributed by atoms with Gasteiger partial charge in [-0.3, -0.25) is 14.9 Å². The Morgan fingerprint density at radius 1 is 1.11 bits per heavy atom. The summed E-state index contributed by atoms with van der Waals surface area (Å²) in [6, 6.07) is 12.4. The van der Waals surface area contributed by atoms with Gasteiger partial charge in [-0.05, 0) is 42.7 Å². The number of likely N-dealkylation sites (tertiary alicyclic amines) is 1. The number of piperidine rings is 1. The minimum atomic E-state index is -4.27. The van der Waals surface area contributed by atoms with Crippen molar-refractivity contribution in [1.82, 2.24) is 10.4 Å². The fourth-order valence-electron chi connectivity index (χ4n) is 3.93. The van der Waals surface area contributed by atoms with Crippen LogP contribution in [-0.2, 0) is 21.2 Å². The number of hydrogen-bond donors (Lipinski definition) is 3. The number of carbonyl (C=O) groups excluding carboxylic acids is 1. The molecule has 1 aliphatic rings. The minimum absolute atomic E-state index is 0. The van der Waals surface area contributed by atoms with Crippen LogP contribution in [0.4, 0.5) is 0 Å². The van der Waals surface area contributed by atoms with E-state index in [9.17, 15) is 23.2 Å². The van der Waals surface area contributed by atoms with Crippen LogP contribution >= 0.6 is 12.4 Å². The van der Waals surface area contributed by atoms with Gasteiger partial charge in [-0.15, -0.1) is 12.4 Å². The van der Waals surface area contributed by atoms with Crippen LogP contribution in [0.3, 0.4) is 0 Å². The zero-order valence-corrected chi connectivity index (χ0v) is 20.7. The van der Waals surface area contributed by atoms with Gasteiger partial charge in [-0.25, -0.2) is 18.7 Å². The fourth-order valence-corrected chi connectivity index (χ4v) is 6.00. The number of carboxylic acids is 1. The van der Waals surface area contributed by atoms with Crippen molar-refractivity contribution in [2.24, 2.45) is 0 Å². The number of nitrogens with zero attached hydrogens (tertiary/aromatic N) is 1. The number of carbonyl (C=O) groups is 2. The van der Waals surface area contributed by atoms with Crippen molar-refractivity contribution in [3.05, 3.63) is 59.7 Å². The maximum atomic E-state index is 13.8. The standard InChI is InChI=1S/C24H26N2O7S.ClH/c1-2-3-16-33-20-6-4-5-7-21(20)34(31,32)24(23(29)25-30)12-14-26(15-13-24)17-18-8-10-19(11-9-18)22(27)28;/h4-11,30H,2,12-15,17H2,1H3,(H,25,29)(H,27,28);1H. The Labute approximate surface area is 210 Å². The summed E-state index contributed by atoms with van der Waals surface area (Å²) in [5.74, 6) is 0.727. The zero-order chi connectivity index (χ0) is 24.8. The summed E-state index contributed by atoms with van der Waals surface area (Å²) in [5, 5.41) is 18.4. The third-order valence-electron chi connectivity index (χ3n) is 5.85. The number of sulfone groups is 1. The van der Waals surface area contributed by atoms with Crippen molar-refractivity contribution in [2.75, 3.05) is 13.1 Å². The number of halogens is 1. The molecule has 0 radical (unpaired) electrons. The van der Waals surface area contributed by atoms with Crippen LogP contribution < -0.4 is 10.2 Å². The van der Waals surface area contributed by atoms with Gasteiger partial charge in [0.15, 0.2) is 20.3 Å². The second-order valence-electron chi connectivity index (χ2n) is 7.90. The highest BCUT2D eigenvalue weighted by atomic mass is 35.5. The Hall–Kier alpha value is -3.10. The van der Waals surface area contributed by atoms with E-state index >= 15 is 0 Å². The fraction of sp³-hybridized carbons (Fsp3) is 0.333. The predicted octanol–water partition coefficient (Wildman–Crippen LogP) is 2.87. The van der Waals surface area contributed by atoms with Crippen molar-refractivity contribution in [1.29, 1.82) is 0 Å². The SMILES string of the molecule is CCC#COc1ccccc1S(=O)(=O)C1(C(=O)NO)CCN(Cc2ccc(C(=O)O)cc2)CC1.Cl.